The first-order valence-electron chi connectivity index (χ1n) is 4.49. The van der Waals surface area contributed by atoms with E-state index in [4.69, 9.17) is 11.6 Å². The van der Waals surface area contributed by atoms with Crippen LogP contribution in [0.25, 0.3) is 0 Å². The maximum absolute atomic E-state index is 11.6. The highest BCUT2D eigenvalue weighted by molar-refractivity contribution is 6.29. The molecule has 0 spiro atoms. The normalized spacial score (nSPS) is 10.1. The van der Waals surface area contributed by atoms with E-state index in [1.807, 2.05) is 0 Å². The SMILES string of the molecule is O=C(NCc1ccn[nH]1)c1cnc(Cl)cn1. The standard InChI is InChI=1S/C9H8ClN5O/c10-8-5-11-7(4-12-8)9(16)13-3-6-1-2-14-15-6/h1-2,4-5H,3H2,(H,13,16)(H,14,15). The van der Waals surface area contributed by atoms with Crippen LogP contribution in [0.5, 0.6) is 0 Å². The largest absolute Gasteiger partial charge is 0.345 e. The number of aromatic amines is 1. The third-order valence-electron chi connectivity index (χ3n) is 1.85. The number of aromatic nitrogens is 4. The first kappa shape index (κ1) is 10.6. The third kappa shape index (κ3) is 2.54. The number of nitrogens with zero attached hydrogens (tertiary/aromatic N) is 3. The molecular formula is C9H8ClN5O. The molecule has 0 aromatic carbocycles. The molecule has 2 rings (SSSR count). The van der Waals surface area contributed by atoms with E-state index in [-0.39, 0.29) is 16.8 Å². The van der Waals surface area contributed by atoms with E-state index in [0.29, 0.717) is 6.54 Å². The average molecular weight is 238 g/mol. The van der Waals surface area contributed by atoms with Gasteiger partial charge in [-0.3, -0.25) is 9.89 Å². The minimum atomic E-state index is -0.307. The van der Waals surface area contributed by atoms with Crippen molar-refractivity contribution >= 4 is 17.5 Å². The minimum absolute atomic E-state index is 0.226. The molecule has 0 aliphatic heterocycles. The molecule has 0 unspecified atom stereocenters. The van der Waals surface area contributed by atoms with Crippen LogP contribution in [0, 0.1) is 0 Å². The van der Waals surface area contributed by atoms with Gasteiger partial charge in [-0.05, 0) is 6.07 Å². The van der Waals surface area contributed by atoms with E-state index in [1.165, 1.54) is 12.4 Å². The monoisotopic (exact) mass is 237 g/mol. The summed E-state index contributed by atoms with van der Waals surface area (Å²) in [5.74, 6) is -0.307. The van der Waals surface area contributed by atoms with Crippen molar-refractivity contribution in [1.29, 1.82) is 0 Å². The fourth-order valence-corrected chi connectivity index (χ4v) is 1.18. The van der Waals surface area contributed by atoms with Crippen LogP contribution in [0.4, 0.5) is 0 Å². The third-order valence-corrected chi connectivity index (χ3v) is 2.05. The van der Waals surface area contributed by atoms with Crippen molar-refractivity contribution in [3.05, 3.63) is 41.2 Å². The highest BCUT2D eigenvalue weighted by Crippen LogP contribution is 2.01. The van der Waals surface area contributed by atoms with Crippen LogP contribution in [0.3, 0.4) is 0 Å². The van der Waals surface area contributed by atoms with Crippen molar-refractivity contribution in [2.75, 3.05) is 0 Å². The van der Waals surface area contributed by atoms with Crippen molar-refractivity contribution in [1.82, 2.24) is 25.5 Å². The Morgan fingerprint density at radius 1 is 1.44 bits per heavy atom. The zero-order chi connectivity index (χ0) is 11.4. The van der Waals surface area contributed by atoms with Crippen LogP contribution in [0.1, 0.15) is 16.2 Å². The van der Waals surface area contributed by atoms with Crippen molar-refractivity contribution in [2.24, 2.45) is 0 Å². The van der Waals surface area contributed by atoms with Gasteiger partial charge in [-0.2, -0.15) is 5.10 Å². The summed E-state index contributed by atoms with van der Waals surface area (Å²) in [7, 11) is 0. The Morgan fingerprint density at radius 3 is 2.94 bits per heavy atom. The molecule has 0 saturated heterocycles. The van der Waals surface area contributed by atoms with Crippen LogP contribution in [-0.4, -0.2) is 26.1 Å². The number of carbonyl (C=O) groups is 1. The molecule has 6 nitrogen and oxygen atoms in total. The lowest BCUT2D eigenvalue weighted by Crippen LogP contribution is -2.24. The summed E-state index contributed by atoms with van der Waals surface area (Å²) in [4.78, 5) is 19.2. The average Bonchev–Trinajstić information content (AvgIpc) is 2.80. The molecule has 7 heteroatoms. The van der Waals surface area contributed by atoms with Crippen LogP contribution >= 0.6 is 11.6 Å². The van der Waals surface area contributed by atoms with Gasteiger partial charge in [0, 0.05) is 6.20 Å². The fourth-order valence-electron chi connectivity index (χ4n) is 1.08. The van der Waals surface area contributed by atoms with Crippen molar-refractivity contribution < 1.29 is 4.79 Å². The van der Waals surface area contributed by atoms with E-state index in [0.717, 1.165) is 5.69 Å². The van der Waals surface area contributed by atoms with Gasteiger partial charge >= 0.3 is 0 Å². The number of halogens is 1. The molecule has 2 N–H and O–H groups in total. The Labute approximate surface area is 96.1 Å². The Bertz CT molecular complexity index is 467. The molecule has 2 heterocycles. The summed E-state index contributed by atoms with van der Waals surface area (Å²) in [5, 5.41) is 9.41. The van der Waals surface area contributed by atoms with Gasteiger partial charge in [0.05, 0.1) is 24.6 Å². The minimum Gasteiger partial charge on any atom is -0.345 e. The second kappa shape index (κ2) is 4.71. The Morgan fingerprint density at radius 2 is 2.31 bits per heavy atom. The van der Waals surface area contributed by atoms with Crippen LogP contribution in [0.15, 0.2) is 24.7 Å². The number of hydrogen-bond acceptors (Lipinski definition) is 4. The number of carbonyl (C=O) groups excluding carboxylic acids is 1. The molecular weight excluding hydrogens is 230 g/mol. The van der Waals surface area contributed by atoms with E-state index >= 15 is 0 Å². The van der Waals surface area contributed by atoms with Crippen molar-refractivity contribution in [3.63, 3.8) is 0 Å². The predicted octanol–water partition coefficient (Wildman–Crippen LogP) is 0.783. The summed E-state index contributed by atoms with van der Waals surface area (Å²) in [6, 6.07) is 1.77. The van der Waals surface area contributed by atoms with Gasteiger partial charge in [-0.1, -0.05) is 11.6 Å². The Kier molecular flexibility index (Phi) is 3.11. The lowest BCUT2D eigenvalue weighted by Gasteiger charge is -2.02. The van der Waals surface area contributed by atoms with E-state index in [9.17, 15) is 4.79 Å². The Hall–Kier alpha value is -1.95. The summed E-state index contributed by atoms with van der Waals surface area (Å²) < 4.78 is 0. The molecule has 0 bridgehead atoms. The van der Waals surface area contributed by atoms with Gasteiger partial charge in [0.1, 0.15) is 10.8 Å². The highest BCUT2D eigenvalue weighted by Gasteiger charge is 2.07. The summed E-state index contributed by atoms with van der Waals surface area (Å²) in [6.45, 7) is 0.364. The molecule has 0 aliphatic carbocycles. The van der Waals surface area contributed by atoms with Crippen molar-refractivity contribution in [2.45, 2.75) is 6.54 Å². The summed E-state index contributed by atoms with van der Waals surface area (Å²) in [5.41, 5.74) is 1.04. The van der Waals surface area contributed by atoms with Gasteiger partial charge in [0.25, 0.3) is 5.91 Å². The molecule has 2 aromatic heterocycles. The van der Waals surface area contributed by atoms with Gasteiger partial charge < -0.3 is 5.32 Å². The van der Waals surface area contributed by atoms with E-state index in [1.54, 1.807) is 12.3 Å². The zero-order valence-electron chi connectivity index (χ0n) is 8.14. The van der Waals surface area contributed by atoms with Gasteiger partial charge in [0.2, 0.25) is 0 Å². The maximum Gasteiger partial charge on any atom is 0.271 e. The zero-order valence-corrected chi connectivity index (χ0v) is 8.90. The van der Waals surface area contributed by atoms with Crippen molar-refractivity contribution in [3.8, 4) is 0 Å². The van der Waals surface area contributed by atoms with Gasteiger partial charge in [-0.15, -0.1) is 0 Å². The molecule has 2 aromatic rings. The number of H-pyrrole nitrogens is 1. The topological polar surface area (TPSA) is 83.6 Å². The number of amides is 1. The van der Waals surface area contributed by atoms with Crippen LogP contribution < -0.4 is 5.32 Å². The second-order valence-corrected chi connectivity index (χ2v) is 3.38. The quantitative estimate of drug-likeness (QED) is 0.827. The molecule has 82 valence electrons. The van der Waals surface area contributed by atoms with Crippen LogP contribution in [-0.2, 0) is 6.54 Å². The molecule has 0 fully saturated rings. The number of hydrogen-bond donors (Lipinski definition) is 2. The molecule has 0 saturated carbocycles. The highest BCUT2D eigenvalue weighted by atomic mass is 35.5. The number of nitrogens with one attached hydrogen (secondary N) is 2. The first-order chi connectivity index (χ1) is 7.75. The molecule has 0 atom stereocenters. The molecule has 16 heavy (non-hydrogen) atoms. The molecule has 0 aliphatic rings. The summed E-state index contributed by atoms with van der Waals surface area (Å²) in [6.07, 6.45) is 4.26. The predicted molar refractivity (Wildman–Crippen MR) is 56.8 cm³/mol. The molecule has 1 amide bonds. The smallest absolute Gasteiger partial charge is 0.271 e. The number of rotatable bonds is 3. The first-order valence-corrected chi connectivity index (χ1v) is 4.87. The van der Waals surface area contributed by atoms with E-state index in [2.05, 4.69) is 25.5 Å². The maximum atomic E-state index is 11.6. The lowest BCUT2D eigenvalue weighted by atomic mass is 10.4. The van der Waals surface area contributed by atoms with E-state index < -0.39 is 0 Å². The lowest BCUT2D eigenvalue weighted by molar-refractivity contribution is 0.0945. The Balaban J connectivity index is 1.95. The summed E-state index contributed by atoms with van der Waals surface area (Å²) >= 11 is 5.56. The van der Waals surface area contributed by atoms with Gasteiger partial charge in [-0.25, -0.2) is 9.97 Å². The second-order valence-electron chi connectivity index (χ2n) is 2.99. The fraction of sp³-hybridized carbons (Fsp3) is 0.111. The van der Waals surface area contributed by atoms with Gasteiger partial charge in [0.15, 0.2) is 0 Å². The molecule has 0 radical (unpaired) electrons. The van der Waals surface area contributed by atoms with Crippen LogP contribution in [0.2, 0.25) is 5.15 Å².